The first-order chi connectivity index (χ1) is 19.4. The summed E-state index contributed by atoms with van der Waals surface area (Å²) in [6.45, 7) is 1.96. The molecule has 0 N–H and O–H groups in total. The molecule has 0 aliphatic rings. The van der Waals surface area contributed by atoms with E-state index in [-0.39, 0.29) is 16.7 Å². The zero-order valence-electron chi connectivity index (χ0n) is 21.2. The first kappa shape index (κ1) is 29.6. The van der Waals surface area contributed by atoms with Crippen molar-refractivity contribution in [1.29, 1.82) is 0 Å². The molecule has 4 rings (SSSR count). The molecule has 4 aromatic carbocycles. The van der Waals surface area contributed by atoms with Crippen molar-refractivity contribution >= 4 is 0 Å². The van der Waals surface area contributed by atoms with Crippen molar-refractivity contribution < 1.29 is 44.3 Å². The number of ether oxygens (including phenoxy) is 1. The lowest BCUT2D eigenvalue weighted by Crippen LogP contribution is -2.25. The number of aryl methyl sites for hydroxylation is 1. The predicted octanol–water partition coefficient (Wildman–Crippen LogP) is 9.20. The summed E-state index contributed by atoms with van der Waals surface area (Å²) in [5, 5.41) is 0. The van der Waals surface area contributed by atoms with Crippen LogP contribution in [0.25, 0.3) is 11.1 Å². The van der Waals surface area contributed by atoms with Gasteiger partial charge >= 0.3 is 6.11 Å². The van der Waals surface area contributed by atoms with Crippen LogP contribution in [0, 0.1) is 52.6 Å². The quantitative estimate of drug-likeness (QED) is 0.121. The van der Waals surface area contributed by atoms with Crippen molar-refractivity contribution in [1.82, 2.24) is 0 Å². The molecule has 10 heteroatoms. The Morgan fingerprint density at radius 2 is 1.34 bits per heavy atom. The van der Waals surface area contributed by atoms with Crippen LogP contribution in [0.3, 0.4) is 0 Å². The van der Waals surface area contributed by atoms with Gasteiger partial charge in [-0.1, -0.05) is 37.3 Å². The molecule has 0 aromatic heterocycles. The molecule has 0 saturated carbocycles. The standard InChI is InChI=1S/C31H19F9O/c1-2-3-4-17-6-10-22(24(33)11-17)20-14-25(34)29(26(35)15-20)31(39,40)41-21-9-8-19(23(32)16-21)7-5-18-12-27(36)30(38)28(37)13-18/h6,8-16H,2-4H2,1H3. The van der Waals surface area contributed by atoms with Crippen molar-refractivity contribution in [3.63, 3.8) is 0 Å². The van der Waals surface area contributed by atoms with Gasteiger partial charge in [0.25, 0.3) is 0 Å². The summed E-state index contributed by atoms with van der Waals surface area (Å²) in [6.07, 6.45) is -2.33. The summed E-state index contributed by atoms with van der Waals surface area (Å²) in [5.41, 5.74) is -2.33. The molecule has 0 unspecified atom stereocenters. The first-order valence-corrected chi connectivity index (χ1v) is 12.2. The van der Waals surface area contributed by atoms with Gasteiger partial charge in [-0.15, -0.1) is 0 Å². The topological polar surface area (TPSA) is 9.23 Å². The number of benzene rings is 4. The van der Waals surface area contributed by atoms with Crippen molar-refractivity contribution in [3.8, 4) is 28.7 Å². The van der Waals surface area contributed by atoms with Crippen LogP contribution < -0.4 is 4.74 Å². The SMILES string of the molecule is CCCCc1ccc(-c2cc(F)c(C(F)(F)Oc3ccc(C#Cc4cc(F)c(F)c(F)c4)c(F)c3)c(F)c2)c(F)c1. The van der Waals surface area contributed by atoms with E-state index in [1.54, 1.807) is 6.07 Å². The van der Waals surface area contributed by atoms with Crippen LogP contribution in [-0.2, 0) is 12.5 Å². The van der Waals surface area contributed by atoms with Crippen LogP contribution in [0.5, 0.6) is 5.75 Å². The largest absolute Gasteiger partial charge is 0.432 e. The fraction of sp³-hybridized carbons (Fsp3) is 0.161. The number of hydrogen-bond acceptors (Lipinski definition) is 1. The minimum Gasteiger partial charge on any atom is -0.429 e. The van der Waals surface area contributed by atoms with Gasteiger partial charge in [0, 0.05) is 17.2 Å². The molecule has 212 valence electrons. The molecule has 0 bridgehead atoms. The second-order valence-corrected chi connectivity index (χ2v) is 9.00. The Labute approximate surface area is 229 Å². The highest BCUT2D eigenvalue weighted by atomic mass is 19.3. The first-order valence-electron chi connectivity index (χ1n) is 12.2. The zero-order valence-corrected chi connectivity index (χ0v) is 21.2. The number of halogens is 9. The summed E-state index contributed by atoms with van der Waals surface area (Å²) in [6, 6.07) is 8.50. The van der Waals surface area contributed by atoms with Gasteiger partial charge in [0.1, 0.15) is 34.6 Å². The summed E-state index contributed by atoms with van der Waals surface area (Å²) < 4.78 is 132. The lowest BCUT2D eigenvalue weighted by atomic mass is 9.99. The highest BCUT2D eigenvalue weighted by Gasteiger charge is 2.41. The maximum absolute atomic E-state index is 14.8. The maximum Gasteiger partial charge on any atom is 0.432 e. The van der Waals surface area contributed by atoms with Gasteiger partial charge in [-0.25, -0.2) is 30.7 Å². The van der Waals surface area contributed by atoms with E-state index in [0.717, 1.165) is 25.0 Å². The second kappa shape index (κ2) is 12.0. The molecule has 0 saturated heterocycles. The van der Waals surface area contributed by atoms with E-state index in [4.69, 9.17) is 0 Å². The van der Waals surface area contributed by atoms with Crippen molar-refractivity contribution in [3.05, 3.63) is 124 Å². The smallest absolute Gasteiger partial charge is 0.429 e. The van der Waals surface area contributed by atoms with E-state index in [0.29, 0.717) is 42.3 Å². The van der Waals surface area contributed by atoms with Gasteiger partial charge in [-0.05, 0) is 66.4 Å². The van der Waals surface area contributed by atoms with Crippen LogP contribution in [0.1, 0.15) is 42.0 Å². The fourth-order valence-corrected chi connectivity index (χ4v) is 3.96. The Kier molecular flexibility index (Phi) is 8.66. The van der Waals surface area contributed by atoms with Gasteiger partial charge in [0.15, 0.2) is 17.5 Å². The number of alkyl halides is 2. The van der Waals surface area contributed by atoms with Crippen molar-refractivity contribution in [2.45, 2.75) is 32.3 Å². The number of rotatable bonds is 7. The molecular weight excluding hydrogens is 559 g/mol. The van der Waals surface area contributed by atoms with Gasteiger partial charge in [-0.3, -0.25) is 0 Å². The van der Waals surface area contributed by atoms with Crippen LogP contribution in [0.2, 0.25) is 0 Å². The molecule has 0 amide bonds. The number of hydrogen-bond donors (Lipinski definition) is 0. The fourth-order valence-electron chi connectivity index (χ4n) is 3.96. The minimum atomic E-state index is -4.61. The third-order valence-corrected chi connectivity index (χ3v) is 6.01. The molecule has 1 nitrogen and oxygen atoms in total. The molecule has 0 radical (unpaired) electrons. The summed E-state index contributed by atoms with van der Waals surface area (Å²) in [7, 11) is 0. The summed E-state index contributed by atoms with van der Waals surface area (Å²) in [4.78, 5) is 0. The molecular formula is C31H19F9O. The highest BCUT2D eigenvalue weighted by Crippen LogP contribution is 2.38. The van der Waals surface area contributed by atoms with Gasteiger partial charge in [0.05, 0.1) is 5.56 Å². The molecule has 0 heterocycles. The summed E-state index contributed by atoms with van der Waals surface area (Å²) >= 11 is 0. The Hall–Kier alpha value is -4.39. The third-order valence-electron chi connectivity index (χ3n) is 6.01. The maximum atomic E-state index is 14.8. The predicted molar refractivity (Wildman–Crippen MR) is 134 cm³/mol. The Morgan fingerprint density at radius 3 is 1.93 bits per heavy atom. The third kappa shape index (κ3) is 6.68. The average Bonchev–Trinajstić information content (AvgIpc) is 2.89. The Bertz CT molecular complexity index is 1620. The van der Waals surface area contributed by atoms with E-state index in [1.165, 1.54) is 12.1 Å². The van der Waals surface area contributed by atoms with Crippen molar-refractivity contribution in [2.24, 2.45) is 0 Å². The van der Waals surface area contributed by atoms with Crippen molar-refractivity contribution in [2.75, 3.05) is 0 Å². The lowest BCUT2D eigenvalue weighted by molar-refractivity contribution is -0.189. The molecule has 0 aliphatic carbocycles. The number of unbranched alkanes of at least 4 members (excludes halogenated alkanes) is 1. The van der Waals surface area contributed by atoms with Crippen LogP contribution in [-0.4, -0.2) is 0 Å². The second-order valence-electron chi connectivity index (χ2n) is 9.00. The minimum absolute atomic E-state index is 0.191. The van der Waals surface area contributed by atoms with Crippen LogP contribution >= 0.6 is 0 Å². The lowest BCUT2D eigenvalue weighted by Gasteiger charge is -2.20. The highest BCUT2D eigenvalue weighted by molar-refractivity contribution is 5.65. The van der Waals surface area contributed by atoms with E-state index in [1.807, 2.05) is 6.92 Å². The molecule has 0 spiro atoms. The average molecular weight is 578 g/mol. The van der Waals surface area contributed by atoms with Gasteiger partial charge in [-0.2, -0.15) is 8.78 Å². The molecule has 0 aliphatic heterocycles. The van der Waals surface area contributed by atoms with Crippen LogP contribution in [0.4, 0.5) is 39.5 Å². The Morgan fingerprint density at radius 1 is 0.683 bits per heavy atom. The zero-order chi connectivity index (χ0) is 29.9. The van der Waals surface area contributed by atoms with E-state index in [9.17, 15) is 39.5 Å². The molecule has 0 fully saturated rings. The molecule has 41 heavy (non-hydrogen) atoms. The van der Waals surface area contributed by atoms with E-state index < -0.39 is 63.7 Å². The van der Waals surface area contributed by atoms with Gasteiger partial charge < -0.3 is 4.74 Å². The van der Waals surface area contributed by atoms with E-state index >= 15 is 0 Å². The van der Waals surface area contributed by atoms with Crippen LogP contribution in [0.15, 0.2) is 60.7 Å². The van der Waals surface area contributed by atoms with E-state index in [2.05, 4.69) is 16.6 Å². The Balaban J connectivity index is 1.56. The van der Waals surface area contributed by atoms with Gasteiger partial charge in [0.2, 0.25) is 0 Å². The molecule has 4 aromatic rings. The summed E-state index contributed by atoms with van der Waals surface area (Å²) in [5.74, 6) is -6.58. The normalized spacial score (nSPS) is 11.3. The monoisotopic (exact) mass is 578 g/mol. The molecule has 0 atom stereocenters.